The van der Waals surface area contributed by atoms with Gasteiger partial charge in [-0.15, -0.1) is 5.92 Å². The van der Waals surface area contributed by atoms with Gasteiger partial charge in [0.2, 0.25) is 0 Å². The molecule has 0 aliphatic rings. The summed E-state index contributed by atoms with van der Waals surface area (Å²) in [5, 5.41) is 0. The Hall–Kier alpha value is -1.61. The van der Waals surface area contributed by atoms with Crippen LogP contribution in [0.3, 0.4) is 0 Å². The third-order valence-electron chi connectivity index (χ3n) is 2.40. The van der Waals surface area contributed by atoms with Gasteiger partial charge < -0.3 is 4.74 Å². The van der Waals surface area contributed by atoms with E-state index in [2.05, 4.69) is 30.7 Å². The van der Waals surface area contributed by atoms with Crippen molar-refractivity contribution in [3.8, 4) is 23.8 Å². The van der Waals surface area contributed by atoms with Gasteiger partial charge in [0.25, 0.3) is 0 Å². The number of hydrogen-bond acceptors (Lipinski definition) is 2. The Kier molecular flexibility index (Phi) is 9.39. The molecule has 0 atom stereocenters. The molecule has 0 aromatic rings. The average molecular weight is 277 g/mol. The molecule has 0 spiro atoms. The van der Waals surface area contributed by atoms with Crippen LogP contribution in [0.2, 0.25) is 0 Å². The van der Waals surface area contributed by atoms with E-state index in [0.717, 1.165) is 12.8 Å². The maximum absolute atomic E-state index is 12.0. The monoisotopic (exact) mass is 277 g/mol. The van der Waals surface area contributed by atoms with Crippen molar-refractivity contribution in [1.82, 2.24) is 4.90 Å². The molecule has 0 aromatic heterocycles. The highest BCUT2D eigenvalue weighted by atomic mass is 16.6. The minimum atomic E-state index is -0.516. The summed E-state index contributed by atoms with van der Waals surface area (Å²) < 4.78 is 5.31. The molecule has 0 radical (unpaired) electrons. The second-order valence-electron chi connectivity index (χ2n) is 5.59. The van der Waals surface area contributed by atoms with Crippen molar-refractivity contribution in [2.45, 2.75) is 72.3 Å². The highest BCUT2D eigenvalue weighted by molar-refractivity contribution is 5.70. The standard InChI is InChI=1S/C17H27NO2/c1-6-8-10-11-12-13-15-18(14-9-7-2)16(19)20-17(3,4)5/h6,8,10-12,14H2,1-5H3. The molecule has 112 valence electrons. The number of unbranched alkanes of at least 4 members (excludes halogenated alkanes) is 4. The zero-order valence-electron chi connectivity index (χ0n) is 13.5. The Morgan fingerprint density at radius 2 is 1.85 bits per heavy atom. The van der Waals surface area contributed by atoms with E-state index in [-0.39, 0.29) is 6.54 Å². The van der Waals surface area contributed by atoms with Gasteiger partial charge in [-0.25, -0.2) is 9.69 Å². The van der Waals surface area contributed by atoms with Gasteiger partial charge in [-0.05, 0) is 34.1 Å². The molecular weight excluding hydrogens is 250 g/mol. The van der Waals surface area contributed by atoms with E-state index in [1.165, 1.54) is 24.2 Å². The molecule has 0 saturated carbocycles. The van der Waals surface area contributed by atoms with Crippen LogP contribution in [0.25, 0.3) is 0 Å². The smallest absolute Gasteiger partial charge is 0.422 e. The predicted molar refractivity (Wildman–Crippen MR) is 82.9 cm³/mol. The van der Waals surface area contributed by atoms with E-state index in [0.29, 0.717) is 0 Å². The fourth-order valence-electron chi connectivity index (χ4n) is 1.42. The Morgan fingerprint density at radius 1 is 1.15 bits per heavy atom. The molecule has 0 heterocycles. The van der Waals surface area contributed by atoms with Gasteiger partial charge in [-0.2, -0.15) is 0 Å². The number of rotatable bonds is 5. The Bertz CT molecular complexity index is 399. The highest BCUT2D eigenvalue weighted by Gasteiger charge is 2.20. The zero-order chi connectivity index (χ0) is 15.4. The first-order valence-electron chi connectivity index (χ1n) is 7.29. The summed E-state index contributed by atoms with van der Waals surface area (Å²) in [5.41, 5.74) is -0.516. The van der Waals surface area contributed by atoms with Crippen LogP contribution in [0.5, 0.6) is 0 Å². The lowest BCUT2D eigenvalue weighted by molar-refractivity contribution is 0.0370. The van der Waals surface area contributed by atoms with Gasteiger partial charge in [0.15, 0.2) is 0 Å². The van der Waals surface area contributed by atoms with E-state index >= 15 is 0 Å². The first-order valence-corrected chi connectivity index (χ1v) is 7.29. The lowest BCUT2D eigenvalue weighted by Gasteiger charge is -2.22. The summed E-state index contributed by atoms with van der Waals surface area (Å²) in [4.78, 5) is 13.3. The minimum Gasteiger partial charge on any atom is -0.443 e. The molecule has 1 amide bonds. The van der Waals surface area contributed by atoms with Crippen LogP contribution in [-0.4, -0.2) is 23.1 Å². The molecule has 0 saturated heterocycles. The lowest BCUT2D eigenvalue weighted by atomic mass is 10.2. The molecule has 0 rings (SSSR count). The quantitative estimate of drug-likeness (QED) is 0.428. The number of nitrogens with zero attached hydrogens (tertiary/aromatic N) is 1. The third kappa shape index (κ3) is 10.3. The summed E-state index contributed by atoms with van der Waals surface area (Å²) in [6.45, 7) is 9.73. The Labute approximate surface area is 124 Å². The fraction of sp³-hybridized carbons (Fsp3) is 0.706. The topological polar surface area (TPSA) is 29.5 Å². The lowest BCUT2D eigenvalue weighted by Crippen LogP contribution is -2.34. The van der Waals surface area contributed by atoms with E-state index in [4.69, 9.17) is 4.74 Å². The van der Waals surface area contributed by atoms with Crippen molar-refractivity contribution >= 4 is 6.09 Å². The van der Waals surface area contributed by atoms with E-state index in [1.54, 1.807) is 6.92 Å². The summed E-state index contributed by atoms with van der Waals surface area (Å²) in [7, 11) is 0. The molecule has 0 fully saturated rings. The van der Waals surface area contributed by atoms with Crippen LogP contribution in [0.1, 0.15) is 66.7 Å². The second kappa shape index (κ2) is 10.2. The van der Waals surface area contributed by atoms with Gasteiger partial charge in [0.05, 0.1) is 6.54 Å². The van der Waals surface area contributed by atoms with Crippen LogP contribution < -0.4 is 0 Å². The molecule has 0 aliphatic heterocycles. The van der Waals surface area contributed by atoms with E-state index < -0.39 is 11.7 Å². The van der Waals surface area contributed by atoms with Crippen molar-refractivity contribution in [3.05, 3.63) is 0 Å². The number of ether oxygens (including phenoxy) is 1. The average Bonchev–Trinajstić information content (AvgIpc) is 2.34. The molecular formula is C17H27NO2. The van der Waals surface area contributed by atoms with Gasteiger partial charge in [0.1, 0.15) is 5.60 Å². The largest absolute Gasteiger partial charge is 0.443 e. The van der Waals surface area contributed by atoms with Crippen molar-refractivity contribution in [1.29, 1.82) is 0 Å². The molecule has 20 heavy (non-hydrogen) atoms. The number of carbonyl (C=O) groups excluding carboxylic acids is 1. The molecule has 3 nitrogen and oxygen atoms in total. The van der Waals surface area contributed by atoms with Gasteiger partial charge >= 0.3 is 6.09 Å². The van der Waals surface area contributed by atoms with Crippen LogP contribution in [0.4, 0.5) is 4.79 Å². The number of hydrogen-bond donors (Lipinski definition) is 0. The van der Waals surface area contributed by atoms with Crippen molar-refractivity contribution in [3.63, 3.8) is 0 Å². The van der Waals surface area contributed by atoms with Crippen LogP contribution in [0, 0.1) is 23.8 Å². The first-order chi connectivity index (χ1) is 9.40. The Morgan fingerprint density at radius 3 is 2.40 bits per heavy atom. The molecule has 0 bridgehead atoms. The maximum atomic E-state index is 12.0. The van der Waals surface area contributed by atoms with Gasteiger partial charge in [-0.1, -0.05) is 38.0 Å². The summed E-state index contributed by atoms with van der Waals surface area (Å²) in [6, 6.07) is 2.86. The zero-order valence-corrected chi connectivity index (χ0v) is 13.5. The van der Waals surface area contributed by atoms with Crippen LogP contribution in [-0.2, 0) is 4.74 Å². The maximum Gasteiger partial charge on any atom is 0.422 e. The van der Waals surface area contributed by atoms with Gasteiger partial charge in [0, 0.05) is 12.5 Å². The summed E-state index contributed by atoms with van der Waals surface area (Å²) in [5.74, 6) is 8.64. The summed E-state index contributed by atoms with van der Waals surface area (Å²) in [6.07, 6.45) is 5.08. The van der Waals surface area contributed by atoms with Crippen LogP contribution >= 0.6 is 0 Å². The van der Waals surface area contributed by atoms with Crippen molar-refractivity contribution in [2.24, 2.45) is 0 Å². The summed E-state index contributed by atoms with van der Waals surface area (Å²) >= 11 is 0. The SMILES string of the molecule is CC#CCN(C#CCCCCCC)C(=O)OC(C)(C)C. The first kappa shape index (κ1) is 18.4. The van der Waals surface area contributed by atoms with Crippen molar-refractivity contribution < 1.29 is 9.53 Å². The predicted octanol–water partition coefficient (Wildman–Crippen LogP) is 4.18. The Balaban J connectivity index is 4.44. The molecule has 0 unspecified atom stereocenters. The molecule has 3 heteroatoms. The van der Waals surface area contributed by atoms with E-state index in [1.807, 2.05) is 20.8 Å². The van der Waals surface area contributed by atoms with Crippen molar-refractivity contribution in [2.75, 3.05) is 6.54 Å². The number of amides is 1. The van der Waals surface area contributed by atoms with Gasteiger partial charge in [-0.3, -0.25) is 0 Å². The molecule has 0 aromatic carbocycles. The minimum absolute atomic E-state index is 0.285. The number of carbonyl (C=O) groups is 1. The van der Waals surface area contributed by atoms with Crippen LogP contribution in [0.15, 0.2) is 0 Å². The molecule has 0 aliphatic carbocycles. The second-order valence-corrected chi connectivity index (χ2v) is 5.59. The third-order valence-corrected chi connectivity index (χ3v) is 2.40. The molecule has 0 N–H and O–H groups in total. The fourth-order valence-corrected chi connectivity index (χ4v) is 1.42. The van der Waals surface area contributed by atoms with E-state index in [9.17, 15) is 4.79 Å². The highest BCUT2D eigenvalue weighted by Crippen LogP contribution is 2.09. The normalized spacial score (nSPS) is 9.85.